The Morgan fingerprint density at radius 3 is 2.33 bits per heavy atom. The fourth-order valence-electron chi connectivity index (χ4n) is 3.91. The van der Waals surface area contributed by atoms with Crippen molar-refractivity contribution in [3.63, 3.8) is 0 Å². The van der Waals surface area contributed by atoms with E-state index in [1.54, 1.807) is 7.11 Å². The Morgan fingerprint density at radius 2 is 1.74 bits per heavy atom. The van der Waals surface area contributed by atoms with E-state index in [2.05, 4.69) is 26.3 Å². The molecule has 1 unspecified atom stereocenters. The molecule has 3 rings (SSSR count). The number of nitrogens with one attached hydrogen (secondary N) is 2. The molecule has 2 aliphatic rings. The summed E-state index contributed by atoms with van der Waals surface area (Å²) in [6, 6.07) is 8.00. The molecule has 0 spiro atoms. The molecule has 0 radical (unpaired) electrons. The van der Waals surface area contributed by atoms with E-state index in [4.69, 9.17) is 4.74 Å². The van der Waals surface area contributed by atoms with Crippen LogP contribution in [0, 0.1) is 0 Å². The van der Waals surface area contributed by atoms with Gasteiger partial charge in [0.2, 0.25) is 0 Å². The average molecular weight is 397 g/mol. The number of hydrogen-bond donors (Lipinski definition) is 2. The summed E-state index contributed by atoms with van der Waals surface area (Å²) in [6.07, 6.45) is 4.06. The highest BCUT2D eigenvalue weighted by molar-refractivity contribution is 7.87. The lowest BCUT2D eigenvalue weighted by molar-refractivity contribution is 0.113. The molecule has 0 bridgehead atoms. The smallest absolute Gasteiger partial charge is 0.277 e. The van der Waals surface area contributed by atoms with Crippen molar-refractivity contribution in [1.29, 1.82) is 0 Å². The van der Waals surface area contributed by atoms with Gasteiger partial charge in [-0.05, 0) is 37.6 Å². The number of ether oxygens (including phenoxy) is 1. The Bertz CT molecular complexity index is 681. The van der Waals surface area contributed by atoms with Gasteiger partial charge in [-0.2, -0.15) is 13.1 Å². The molecule has 0 aromatic heterocycles. The molecule has 1 heterocycles. The first-order valence-electron chi connectivity index (χ1n) is 9.80. The Balaban J connectivity index is 1.68. The van der Waals surface area contributed by atoms with Gasteiger partial charge in [-0.3, -0.25) is 4.90 Å². The second kappa shape index (κ2) is 9.34. The second-order valence-electron chi connectivity index (χ2n) is 7.58. The number of benzene rings is 1. The van der Waals surface area contributed by atoms with Gasteiger partial charge in [-0.25, -0.2) is 4.72 Å². The summed E-state index contributed by atoms with van der Waals surface area (Å²) in [7, 11) is 0.275. The number of hydrogen-bond acceptors (Lipinski definition) is 5. The summed E-state index contributed by atoms with van der Waals surface area (Å²) >= 11 is 0. The second-order valence-corrected chi connectivity index (χ2v) is 9.11. The van der Waals surface area contributed by atoms with E-state index in [0.717, 1.165) is 63.2 Å². The van der Waals surface area contributed by atoms with Crippen molar-refractivity contribution in [3.05, 3.63) is 29.8 Å². The fourth-order valence-corrected chi connectivity index (χ4v) is 5.05. The lowest BCUT2D eigenvalue weighted by atomic mass is 10.0. The van der Waals surface area contributed by atoms with Gasteiger partial charge in [0, 0.05) is 44.8 Å². The average Bonchev–Trinajstić information content (AvgIpc) is 3.16. The molecule has 8 heteroatoms. The van der Waals surface area contributed by atoms with Crippen molar-refractivity contribution in [2.75, 3.05) is 46.9 Å². The lowest BCUT2D eigenvalue weighted by Gasteiger charge is -2.38. The third-order valence-corrected chi connectivity index (χ3v) is 6.81. The van der Waals surface area contributed by atoms with E-state index in [9.17, 15) is 8.42 Å². The molecule has 1 aliphatic carbocycles. The number of methoxy groups -OCH3 is 1. The largest absolute Gasteiger partial charge is 0.497 e. The third kappa shape index (κ3) is 5.89. The molecule has 1 saturated heterocycles. The van der Waals surface area contributed by atoms with Crippen LogP contribution in [0.3, 0.4) is 0 Å². The van der Waals surface area contributed by atoms with E-state index in [1.807, 2.05) is 24.3 Å². The predicted molar refractivity (Wildman–Crippen MR) is 107 cm³/mol. The molecular weight excluding hydrogens is 364 g/mol. The number of piperazine rings is 1. The van der Waals surface area contributed by atoms with Crippen LogP contribution in [0.2, 0.25) is 0 Å². The normalized spacial score (nSPS) is 21.4. The standard InChI is InChI=1S/C19H32N4O3S/c1-22-11-13-23(14-12-22)19(16-7-9-18(26-2)10-8-16)15-20-27(24,25)21-17-5-3-4-6-17/h7-10,17,19-21H,3-6,11-15H2,1-2H3. The lowest BCUT2D eigenvalue weighted by Crippen LogP contribution is -2.50. The maximum Gasteiger partial charge on any atom is 0.277 e. The minimum Gasteiger partial charge on any atom is -0.497 e. The van der Waals surface area contributed by atoms with E-state index in [0.29, 0.717) is 6.54 Å². The van der Waals surface area contributed by atoms with E-state index < -0.39 is 10.2 Å². The van der Waals surface area contributed by atoms with Crippen LogP contribution in [-0.4, -0.2) is 71.1 Å². The number of likely N-dealkylation sites (N-methyl/N-ethyl adjacent to an activating group) is 1. The first-order valence-corrected chi connectivity index (χ1v) is 11.3. The summed E-state index contributed by atoms with van der Waals surface area (Å²) in [6.45, 7) is 4.17. The van der Waals surface area contributed by atoms with Crippen LogP contribution >= 0.6 is 0 Å². The van der Waals surface area contributed by atoms with Crippen LogP contribution in [0.5, 0.6) is 5.75 Å². The molecule has 1 atom stereocenters. The zero-order chi connectivity index (χ0) is 19.3. The van der Waals surface area contributed by atoms with Crippen LogP contribution in [0.1, 0.15) is 37.3 Å². The summed E-state index contributed by atoms with van der Waals surface area (Å²) in [5.41, 5.74) is 1.10. The highest BCUT2D eigenvalue weighted by atomic mass is 32.2. The van der Waals surface area contributed by atoms with Gasteiger partial charge < -0.3 is 9.64 Å². The summed E-state index contributed by atoms with van der Waals surface area (Å²) < 4.78 is 35.8. The number of rotatable bonds is 8. The molecule has 7 nitrogen and oxygen atoms in total. The minimum atomic E-state index is -3.49. The Hall–Kier alpha value is -1.19. The zero-order valence-electron chi connectivity index (χ0n) is 16.4. The summed E-state index contributed by atoms with van der Waals surface area (Å²) in [5, 5.41) is 0. The molecule has 2 N–H and O–H groups in total. The monoisotopic (exact) mass is 396 g/mol. The van der Waals surface area contributed by atoms with Gasteiger partial charge in [0.05, 0.1) is 7.11 Å². The predicted octanol–water partition coefficient (Wildman–Crippen LogP) is 1.35. The topological polar surface area (TPSA) is 73.9 Å². The van der Waals surface area contributed by atoms with Crippen molar-refractivity contribution in [1.82, 2.24) is 19.2 Å². The van der Waals surface area contributed by atoms with Gasteiger partial charge in [0.15, 0.2) is 0 Å². The van der Waals surface area contributed by atoms with E-state index >= 15 is 0 Å². The molecule has 152 valence electrons. The van der Waals surface area contributed by atoms with Crippen molar-refractivity contribution in [2.45, 2.75) is 37.8 Å². The molecule has 1 aromatic rings. The van der Waals surface area contributed by atoms with Crippen molar-refractivity contribution >= 4 is 10.2 Å². The maximum absolute atomic E-state index is 12.5. The molecule has 0 amide bonds. The summed E-state index contributed by atoms with van der Waals surface area (Å²) in [5.74, 6) is 0.805. The molecular formula is C19H32N4O3S. The first kappa shape index (κ1) is 20.5. The highest BCUT2D eigenvalue weighted by Crippen LogP contribution is 2.24. The third-order valence-electron chi connectivity index (χ3n) is 5.62. The number of nitrogens with zero attached hydrogens (tertiary/aromatic N) is 2. The van der Waals surface area contributed by atoms with Crippen LogP contribution in [0.25, 0.3) is 0 Å². The zero-order valence-corrected chi connectivity index (χ0v) is 17.2. The van der Waals surface area contributed by atoms with Gasteiger partial charge in [0.1, 0.15) is 5.75 Å². The van der Waals surface area contributed by atoms with Gasteiger partial charge in [0.25, 0.3) is 10.2 Å². The molecule has 1 saturated carbocycles. The van der Waals surface area contributed by atoms with Crippen molar-refractivity contribution in [3.8, 4) is 5.75 Å². The van der Waals surface area contributed by atoms with Crippen molar-refractivity contribution < 1.29 is 13.2 Å². The van der Waals surface area contributed by atoms with Crippen LogP contribution in [0.4, 0.5) is 0 Å². The maximum atomic E-state index is 12.5. The van der Waals surface area contributed by atoms with Gasteiger partial charge >= 0.3 is 0 Å². The van der Waals surface area contributed by atoms with Crippen LogP contribution < -0.4 is 14.2 Å². The quantitative estimate of drug-likeness (QED) is 0.694. The molecule has 1 aromatic carbocycles. The van der Waals surface area contributed by atoms with E-state index in [1.165, 1.54) is 0 Å². The van der Waals surface area contributed by atoms with Gasteiger partial charge in [-0.15, -0.1) is 0 Å². The van der Waals surface area contributed by atoms with Gasteiger partial charge in [-0.1, -0.05) is 25.0 Å². The van der Waals surface area contributed by atoms with Crippen LogP contribution in [-0.2, 0) is 10.2 Å². The molecule has 2 fully saturated rings. The molecule has 27 heavy (non-hydrogen) atoms. The van der Waals surface area contributed by atoms with E-state index in [-0.39, 0.29) is 12.1 Å². The Kier molecular flexibility index (Phi) is 7.10. The summed E-state index contributed by atoms with van der Waals surface area (Å²) in [4.78, 5) is 4.66. The fraction of sp³-hybridized carbons (Fsp3) is 0.684. The first-order chi connectivity index (χ1) is 13.0. The Labute approximate surface area is 163 Å². The minimum absolute atomic E-state index is 0.00441. The SMILES string of the molecule is COc1ccc(C(CNS(=O)(=O)NC2CCCC2)N2CCN(C)CC2)cc1. The van der Waals surface area contributed by atoms with Crippen molar-refractivity contribution in [2.24, 2.45) is 0 Å². The molecule has 1 aliphatic heterocycles. The highest BCUT2D eigenvalue weighted by Gasteiger charge is 2.27. The van der Waals surface area contributed by atoms with Crippen LogP contribution in [0.15, 0.2) is 24.3 Å². The Morgan fingerprint density at radius 1 is 1.11 bits per heavy atom.